The van der Waals surface area contributed by atoms with Gasteiger partial charge in [0.05, 0.1) is 20.3 Å². The molecule has 0 heterocycles. The summed E-state index contributed by atoms with van der Waals surface area (Å²) >= 11 is 0. The van der Waals surface area contributed by atoms with Gasteiger partial charge in [-0.25, -0.2) is 0 Å². The first-order valence-electron chi connectivity index (χ1n) is 6.86. The second kappa shape index (κ2) is 6.78. The van der Waals surface area contributed by atoms with Crippen molar-refractivity contribution in [3.05, 3.63) is 23.8 Å². The normalized spacial score (nSPS) is 23.1. The lowest BCUT2D eigenvalue weighted by Gasteiger charge is -2.27. The molecule has 0 amide bonds. The van der Waals surface area contributed by atoms with Crippen LogP contribution >= 0.6 is 0 Å². The monoisotopic (exact) mass is 265 g/mol. The molecule has 1 saturated carbocycles. The predicted molar refractivity (Wildman–Crippen MR) is 74.6 cm³/mol. The third-order valence-electron chi connectivity index (χ3n) is 3.71. The fourth-order valence-electron chi connectivity index (χ4n) is 2.70. The molecule has 1 aliphatic carbocycles. The quantitative estimate of drug-likeness (QED) is 0.856. The molecule has 0 spiro atoms. The fraction of sp³-hybridized carbons (Fsp3) is 0.600. The summed E-state index contributed by atoms with van der Waals surface area (Å²) in [5.41, 5.74) is 1.09. The lowest BCUT2D eigenvalue weighted by atomic mass is 9.93. The molecule has 4 nitrogen and oxygen atoms in total. The van der Waals surface area contributed by atoms with Crippen LogP contribution in [0.5, 0.6) is 11.5 Å². The number of aliphatic hydroxyl groups is 1. The Hall–Kier alpha value is -1.26. The van der Waals surface area contributed by atoms with Crippen molar-refractivity contribution in [2.45, 2.75) is 44.4 Å². The average Bonchev–Trinajstić information content (AvgIpc) is 2.44. The first-order chi connectivity index (χ1) is 9.24. The van der Waals surface area contributed by atoms with Gasteiger partial charge < -0.3 is 19.9 Å². The third-order valence-corrected chi connectivity index (χ3v) is 3.71. The Kier molecular flexibility index (Phi) is 5.05. The Morgan fingerprint density at radius 2 is 2.11 bits per heavy atom. The molecule has 1 aromatic rings. The highest BCUT2D eigenvalue weighted by atomic mass is 16.5. The van der Waals surface area contributed by atoms with Gasteiger partial charge >= 0.3 is 0 Å². The zero-order valence-corrected chi connectivity index (χ0v) is 11.7. The topological polar surface area (TPSA) is 50.7 Å². The first-order valence-corrected chi connectivity index (χ1v) is 6.86. The van der Waals surface area contributed by atoms with Crippen LogP contribution in [-0.2, 0) is 6.54 Å². The van der Waals surface area contributed by atoms with Crippen LogP contribution in [0.3, 0.4) is 0 Å². The van der Waals surface area contributed by atoms with Crippen molar-refractivity contribution in [2.75, 3.05) is 14.2 Å². The first kappa shape index (κ1) is 14.2. The van der Waals surface area contributed by atoms with E-state index in [0.29, 0.717) is 6.04 Å². The SMILES string of the molecule is COc1cccc(CNC2CCCC(O)C2)c1OC. The molecule has 0 saturated heterocycles. The van der Waals surface area contributed by atoms with Crippen molar-refractivity contribution in [3.63, 3.8) is 0 Å². The van der Waals surface area contributed by atoms with Crippen molar-refractivity contribution in [1.82, 2.24) is 5.32 Å². The number of methoxy groups -OCH3 is 2. The molecule has 1 aromatic carbocycles. The van der Waals surface area contributed by atoms with E-state index >= 15 is 0 Å². The maximum atomic E-state index is 9.68. The van der Waals surface area contributed by atoms with Gasteiger partial charge in [0.15, 0.2) is 11.5 Å². The highest BCUT2D eigenvalue weighted by Gasteiger charge is 2.20. The van der Waals surface area contributed by atoms with Gasteiger partial charge in [0, 0.05) is 18.2 Å². The lowest BCUT2D eigenvalue weighted by molar-refractivity contribution is 0.111. The molecule has 0 aromatic heterocycles. The molecule has 2 N–H and O–H groups in total. The molecule has 106 valence electrons. The van der Waals surface area contributed by atoms with Gasteiger partial charge in [-0.2, -0.15) is 0 Å². The molecule has 2 unspecified atom stereocenters. The number of hydrogen-bond acceptors (Lipinski definition) is 4. The van der Waals surface area contributed by atoms with Crippen LogP contribution in [0, 0.1) is 0 Å². The minimum Gasteiger partial charge on any atom is -0.493 e. The van der Waals surface area contributed by atoms with E-state index in [1.54, 1.807) is 14.2 Å². The van der Waals surface area contributed by atoms with Crippen molar-refractivity contribution < 1.29 is 14.6 Å². The van der Waals surface area contributed by atoms with Crippen LogP contribution in [0.2, 0.25) is 0 Å². The van der Waals surface area contributed by atoms with Crippen molar-refractivity contribution in [1.29, 1.82) is 0 Å². The van der Waals surface area contributed by atoms with E-state index in [9.17, 15) is 5.11 Å². The summed E-state index contributed by atoms with van der Waals surface area (Å²) in [6.07, 6.45) is 3.84. The molecule has 19 heavy (non-hydrogen) atoms. The van der Waals surface area contributed by atoms with Crippen LogP contribution in [0.1, 0.15) is 31.2 Å². The number of aliphatic hydroxyl groups excluding tert-OH is 1. The molecule has 2 rings (SSSR count). The summed E-state index contributed by atoms with van der Waals surface area (Å²) in [5, 5.41) is 13.2. The second-order valence-electron chi connectivity index (χ2n) is 5.05. The Labute approximate surface area is 114 Å². The second-order valence-corrected chi connectivity index (χ2v) is 5.05. The summed E-state index contributed by atoms with van der Waals surface area (Å²) in [6, 6.07) is 6.29. The molecule has 0 bridgehead atoms. The third kappa shape index (κ3) is 3.61. The van der Waals surface area contributed by atoms with Crippen molar-refractivity contribution >= 4 is 0 Å². The smallest absolute Gasteiger partial charge is 0.165 e. The molecule has 1 fully saturated rings. The van der Waals surface area contributed by atoms with Crippen molar-refractivity contribution in [3.8, 4) is 11.5 Å². The minimum absolute atomic E-state index is 0.154. The van der Waals surface area contributed by atoms with Crippen LogP contribution < -0.4 is 14.8 Å². The number of nitrogens with one attached hydrogen (secondary N) is 1. The van der Waals surface area contributed by atoms with Gasteiger partial charge in [-0.05, 0) is 31.7 Å². The van der Waals surface area contributed by atoms with E-state index < -0.39 is 0 Å². The van der Waals surface area contributed by atoms with Crippen LogP contribution in [-0.4, -0.2) is 31.5 Å². The van der Waals surface area contributed by atoms with Gasteiger partial charge in [-0.3, -0.25) is 0 Å². The Morgan fingerprint density at radius 1 is 1.26 bits per heavy atom. The zero-order chi connectivity index (χ0) is 13.7. The Morgan fingerprint density at radius 3 is 2.79 bits per heavy atom. The van der Waals surface area contributed by atoms with Crippen LogP contribution in [0.4, 0.5) is 0 Å². The molecule has 2 atom stereocenters. The van der Waals surface area contributed by atoms with Gasteiger partial charge in [0.25, 0.3) is 0 Å². The molecule has 4 heteroatoms. The summed E-state index contributed by atoms with van der Waals surface area (Å²) in [4.78, 5) is 0. The van der Waals surface area contributed by atoms with Crippen LogP contribution in [0.25, 0.3) is 0 Å². The minimum atomic E-state index is -0.154. The van der Waals surface area contributed by atoms with Gasteiger partial charge in [-0.15, -0.1) is 0 Å². The summed E-state index contributed by atoms with van der Waals surface area (Å²) < 4.78 is 10.7. The zero-order valence-electron chi connectivity index (χ0n) is 11.7. The predicted octanol–water partition coefficient (Wildman–Crippen LogP) is 2.10. The van der Waals surface area contributed by atoms with E-state index in [1.807, 2.05) is 18.2 Å². The molecule has 0 radical (unpaired) electrons. The number of hydrogen-bond donors (Lipinski definition) is 2. The van der Waals surface area contributed by atoms with E-state index in [2.05, 4.69) is 5.32 Å². The summed E-state index contributed by atoms with van der Waals surface area (Å²) in [6.45, 7) is 0.734. The Balaban J connectivity index is 1.99. The largest absolute Gasteiger partial charge is 0.493 e. The number of ether oxygens (including phenoxy) is 2. The Bertz CT molecular complexity index is 408. The summed E-state index contributed by atoms with van der Waals surface area (Å²) in [5.74, 6) is 1.54. The highest BCUT2D eigenvalue weighted by molar-refractivity contribution is 5.46. The van der Waals surface area contributed by atoms with E-state index in [-0.39, 0.29) is 6.10 Å². The number of para-hydroxylation sites is 1. The van der Waals surface area contributed by atoms with Gasteiger partial charge in [-0.1, -0.05) is 12.1 Å². The van der Waals surface area contributed by atoms with E-state index in [0.717, 1.165) is 49.3 Å². The maximum Gasteiger partial charge on any atom is 0.165 e. The van der Waals surface area contributed by atoms with Gasteiger partial charge in [0.2, 0.25) is 0 Å². The van der Waals surface area contributed by atoms with Crippen LogP contribution in [0.15, 0.2) is 18.2 Å². The summed E-state index contributed by atoms with van der Waals surface area (Å²) in [7, 11) is 3.30. The van der Waals surface area contributed by atoms with E-state index in [4.69, 9.17) is 9.47 Å². The van der Waals surface area contributed by atoms with E-state index in [1.165, 1.54) is 0 Å². The average molecular weight is 265 g/mol. The maximum absolute atomic E-state index is 9.68. The highest BCUT2D eigenvalue weighted by Crippen LogP contribution is 2.30. The molecule has 0 aliphatic heterocycles. The number of benzene rings is 1. The number of rotatable bonds is 5. The molecular formula is C15H23NO3. The lowest BCUT2D eigenvalue weighted by Crippen LogP contribution is -2.35. The standard InChI is InChI=1S/C15H23NO3/c1-18-14-8-3-5-11(15(14)19-2)10-16-12-6-4-7-13(17)9-12/h3,5,8,12-13,16-17H,4,6-7,9-10H2,1-2H3. The van der Waals surface area contributed by atoms with Crippen molar-refractivity contribution in [2.24, 2.45) is 0 Å². The molecular weight excluding hydrogens is 242 g/mol. The fourth-order valence-corrected chi connectivity index (χ4v) is 2.70. The van der Waals surface area contributed by atoms with Gasteiger partial charge in [0.1, 0.15) is 0 Å². The molecule has 1 aliphatic rings.